The number of carbonyl (C=O) groups excluding carboxylic acids is 2. The summed E-state index contributed by atoms with van der Waals surface area (Å²) in [5, 5.41) is 7.25. The summed E-state index contributed by atoms with van der Waals surface area (Å²) in [6, 6.07) is 17.1. The van der Waals surface area contributed by atoms with Gasteiger partial charge in [0.15, 0.2) is 13.2 Å². The van der Waals surface area contributed by atoms with Crippen molar-refractivity contribution in [2.45, 2.75) is 27.2 Å². The molecule has 0 unspecified atom stereocenters. The van der Waals surface area contributed by atoms with Crippen molar-refractivity contribution < 1.29 is 19.1 Å². The van der Waals surface area contributed by atoms with E-state index >= 15 is 0 Å². The van der Waals surface area contributed by atoms with Crippen LogP contribution < -0.4 is 10.1 Å². The van der Waals surface area contributed by atoms with Crippen molar-refractivity contribution in [2.75, 3.05) is 18.5 Å². The first-order valence-corrected chi connectivity index (χ1v) is 9.76. The number of anilines is 1. The number of amides is 1. The van der Waals surface area contributed by atoms with E-state index in [2.05, 4.69) is 17.3 Å². The summed E-state index contributed by atoms with van der Waals surface area (Å²) < 4.78 is 12.2. The van der Waals surface area contributed by atoms with Gasteiger partial charge >= 0.3 is 5.97 Å². The smallest absolute Gasteiger partial charge is 0.344 e. The summed E-state index contributed by atoms with van der Waals surface area (Å²) in [7, 11) is 0. The van der Waals surface area contributed by atoms with Crippen molar-refractivity contribution in [3.63, 3.8) is 0 Å². The molecule has 0 atom stereocenters. The van der Waals surface area contributed by atoms with E-state index < -0.39 is 18.5 Å². The molecule has 0 aliphatic carbocycles. The Kier molecular flexibility index (Phi) is 6.85. The van der Waals surface area contributed by atoms with Crippen LogP contribution in [0.1, 0.15) is 23.9 Å². The highest BCUT2D eigenvalue weighted by molar-refractivity contribution is 5.94. The molecule has 7 heteroatoms. The second-order valence-electron chi connectivity index (χ2n) is 6.79. The van der Waals surface area contributed by atoms with E-state index in [9.17, 15) is 9.59 Å². The predicted octanol–water partition coefficient (Wildman–Crippen LogP) is 3.61. The Balaban J connectivity index is 1.51. The normalized spacial score (nSPS) is 10.5. The monoisotopic (exact) mass is 407 g/mol. The van der Waals surface area contributed by atoms with Gasteiger partial charge in [-0.1, -0.05) is 37.3 Å². The van der Waals surface area contributed by atoms with Gasteiger partial charge in [0.25, 0.3) is 5.91 Å². The quantitative estimate of drug-likeness (QED) is 0.577. The topological polar surface area (TPSA) is 82.4 Å². The number of nitrogens with zero attached hydrogens (tertiary/aromatic N) is 2. The molecule has 7 nitrogen and oxygen atoms in total. The molecule has 30 heavy (non-hydrogen) atoms. The summed E-state index contributed by atoms with van der Waals surface area (Å²) in [6.45, 7) is 5.08. The second kappa shape index (κ2) is 9.73. The first-order valence-electron chi connectivity index (χ1n) is 9.76. The number of nitrogens with one attached hydrogen (secondary N) is 1. The summed E-state index contributed by atoms with van der Waals surface area (Å²) >= 11 is 0. The van der Waals surface area contributed by atoms with Gasteiger partial charge in [-0.05, 0) is 50.1 Å². The third-order valence-corrected chi connectivity index (χ3v) is 4.61. The van der Waals surface area contributed by atoms with Crippen LogP contribution in [0.15, 0.2) is 54.6 Å². The molecule has 0 aliphatic rings. The molecule has 0 bridgehead atoms. The number of hydrogen-bond acceptors (Lipinski definition) is 5. The van der Waals surface area contributed by atoms with Crippen molar-refractivity contribution in [3.8, 4) is 11.4 Å². The minimum Gasteiger partial charge on any atom is -0.482 e. The number of esters is 1. The molecule has 2 aromatic carbocycles. The van der Waals surface area contributed by atoms with Gasteiger partial charge in [0.05, 0.1) is 22.8 Å². The molecule has 0 saturated heterocycles. The van der Waals surface area contributed by atoms with Crippen LogP contribution in [0.25, 0.3) is 5.69 Å². The molecule has 156 valence electrons. The van der Waals surface area contributed by atoms with Gasteiger partial charge in [0.2, 0.25) is 0 Å². The predicted molar refractivity (Wildman–Crippen MR) is 114 cm³/mol. The number of benzene rings is 2. The minimum absolute atomic E-state index is 0.261. The zero-order valence-corrected chi connectivity index (χ0v) is 17.3. The maximum atomic E-state index is 12.2. The fraction of sp³-hybridized carbons (Fsp3) is 0.261. The Bertz CT molecular complexity index is 1010. The van der Waals surface area contributed by atoms with E-state index in [0.29, 0.717) is 17.1 Å². The molecule has 0 radical (unpaired) electrons. The fourth-order valence-corrected chi connectivity index (χ4v) is 2.97. The Morgan fingerprint density at radius 1 is 1.00 bits per heavy atom. The Labute approximate surface area is 175 Å². The number of aromatic nitrogens is 2. The number of aryl methyl sites for hydroxylation is 2. The van der Waals surface area contributed by atoms with E-state index in [-0.39, 0.29) is 6.61 Å². The summed E-state index contributed by atoms with van der Waals surface area (Å²) in [6.07, 6.45) is 0.931. The van der Waals surface area contributed by atoms with Crippen LogP contribution in [-0.4, -0.2) is 34.9 Å². The van der Waals surface area contributed by atoms with Crippen molar-refractivity contribution >= 4 is 17.6 Å². The molecule has 1 aromatic heterocycles. The van der Waals surface area contributed by atoms with Crippen LogP contribution >= 0.6 is 0 Å². The third-order valence-electron chi connectivity index (χ3n) is 4.61. The summed E-state index contributed by atoms with van der Waals surface area (Å²) in [4.78, 5) is 24.1. The maximum absolute atomic E-state index is 12.2. The van der Waals surface area contributed by atoms with Gasteiger partial charge in [-0.3, -0.25) is 4.79 Å². The van der Waals surface area contributed by atoms with Crippen molar-refractivity contribution in [3.05, 3.63) is 71.5 Å². The van der Waals surface area contributed by atoms with Crippen molar-refractivity contribution in [2.24, 2.45) is 0 Å². The molecular weight excluding hydrogens is 382 g/mol. The highest BCUT2D eigenvalue weighted by Crippen LogP contribution is 2.22. The highest BCUT2D eigenvalue weighted by Gasteiger charge is 2.16. The molecule has 3 aromatic rings. The van der Waals surface area contributed by atoms with Gasteiger partial charge in [-0.2, -0.15) is 5.10 Å². The first-order chi connectivity index (χ1) is 14.5. The lowest BCUT2D eigenvalue weighted by Crippen LogP contribution is -2.24. The van der Waals surface area contributed by atoms with E-state index in [1.165, 1.54) is 5.56 Å². The van der Waals surface area contributed by atoms with E-state index in [1.807, 2.05) is 56.3 Å². The van der Waals surface area contributed by atoms with Gasteiger partial charge in [0, 0.05) is 0 Å². The first kappa shape index (κ1) is 21.1. The number of rotatable bonds is 8. The molecule has 0 saturated carbocycles. The average molecular weight is 407 g/mol. The van der Waals surface area contributed by atoms with Gasteiger partial charge in [0.1, 0.15) is 5.75 Å². The van der Waals surface area contributed by atoms with Crippen molar-refractivity contribution in [1.29, 1.82) is 0 Å². The maximum Gasteiger partial charge on any atom is 0.344 e. The van der Waals surface area contributed by atoms with Crippen LogP contribution in [-0.2, 0) is 20.7 Å². The number of ether oxygens (including phenoxy) is 2. The molecule has 1 N–H and O–H groups in total. The van der Waals surface area contributed by atoms with Gasteiger partial charge in [-0.25, -0.2) is 9.48 Å². The zero-order valence-electron chi connectivity index (χ0n) is 17.3. The molecular formula is C23H25N3O4. The molecule has 1 heterocycles. The van der Waals surface area contributed by atoms with Crippen LogP contribution in [0.3, 0.4) is 0 Å². The van der Waals surface area contributed by atoms with E-state index in [1.54, 1.807) is 16.8 Å². The van der Waals surface area contributed by atoms with Crippen LogP contribution in [0, 0.1) is 13.8 Å². The molecule has 0 aliphatic heterocycles. The minimum atomic E-state index is -0.613. The Morgan fingerprint density at radius 2 is 1.70 bits per heavy atom. The largest absolute Gasteiger partial charge is 0.482 e. The molecule has 3 rings (SSSR count). The summed E-state index contributed by atoms with van der Waals surface area (Å²) in [5.74, 6) is -0.471. The SMILES string of the molecule is CCc1ccc(OCC(=O)OCC(=O)Nc2c(C)nn(-c3ccccc3)c2C)cc1. The number of hydrogen-bond donors (Lipinski definition) is 1. The van der Waals surface area contributed by atoms with Crippen LogP contribution in [0.4, 0.5) is 5.69 Å². The van der Waals surface area contributed by atoms with Gasteiger partial charge in [-0.15, -0.1) is 0 Å². The number of carbonyl (C=O) groups is 2. The lowest BCUT2D eigenvalue weighted by atomic mass is 10.2. The highest BCUT2D eigenvalue weighted by atomic mass is 16.6. The molecule has 0 spiro atoms. The Hall–Kier alpha value is -3.61. The average Bonchev–Trinajstić information content (AvgIpc) is 3.05. The molecule has 0 fully saturated rings. The van der Waals surface area contributed by atoms with E-state index in [4.69, 9.17) is 9.47 Å². The van der Waals surface area contributed by atoms with Crippen LogP contribution in [0.2, 0.25) is 0 Å². The Morgan fingerprint density at radius 3 is 2.37 bits per heavy atom. The zero-order chi connectivity index (χ0) is 21.5. The number of para-hydroxylation sites is 1. The third kappa shape index (κ3) is 5.26. The van der Waals surface area contributed by atoms with Gasteiger partial charge < -0.3 is 14.8 Å². The lowest BCUT2D eigenvalue weighted by Gasteiger charge is -2.09. The van der Waals surface area contributed by atoms with Crippen molar-refractivity contribution in [1.82, 2.24) is 9.78 Å². The fourth-order valence-electron chi connectivity index (χ4n) is 2.97. The van der Waals surface area contributed by atoms with Crippen LogP contribution in [0.5, 0.6) is 5.75 Å². The lowest BCUT2D eigenvalue weighted by molar-refractivity contribution is -0.149. The second-order valence-corrected chi connectivity index (χ2v) is 6.79. The summed E-state index contributed by atoms with van der Waals surface area (Å²) in [5.41, 5.74) is 4.15. The molecule has 1 amide bonds. The van der Waals surface area contributed by atoms with E-state index in [0.717, 1.165) is 17.8 Å². The standard InChI is InChI=1S/C23H25N3O4/c1-4-18-10-12-20(13-11-18)29-15-22(28)30-14-21(27)24-23-16(2)25-26(17(23)3)19-8-6-5-7-9-19/h5-13H,4,14-15H2,1-3H3,(H,24,27).